The average Bonchev–Trinajstić information content (AvgIpc) is 2.70. The van der Waals surface area contributed by atoms with Gasteiger partial charge in [-0.2, -0.15) is 0 Å². The van der Waals surface area contributed by atoms with Crippen molar-refractivity contribution < 1.29 is 29.4 Å². The number of anilines is 1. The van der Waals surface area contributed by atoms with Crippen LogP contribution in [0.4, 0.5) is 10.5 Å². The molecule has 145 valence electrons. The number of carbonyl (C=O) groups is 2. The van der Waals surface area contributed by atoms with Crippen molar-refractivity contribution in [1.82, 2.24) is 5.32 Å². The smallest absolute Gasteiger partial charge is 0.326 e. The molecular formula is C19H18N3O6. The molecule has 2 amide bonds. The minimum Gasteiger partial charge on any atom is -0.494 e. The summed E-state index contributed by atoms with van der Waals surface area (Å²) in [4.78, 5) is 33.9. The van der Waals surface area contributed by atoms with Crippen molar-refractivity contribution in [3.63, 3.8) is 0 Å². The first kappa shape index (κ1) is 20.4. The van der Waals surface area contributed by atoms with Gasteiger partial charge < -0.3 is 25.7 Å². The minimum atomic E-state index is -1.19. The van der Waals surface area contributed by atoms with E-state index in [2.05, 4.69) is 15.8 Å². The summed E-state index contributed by atoms with van der Waals surface area (Å²) in [5.74, 6) is -0.766. The Hall–Kier alpha value is -3.88. The lowest BCUT2D eigenvalue weighted by Crippen LogP contribution is -2.43. The highest BCUT2D eigenvalue weighted by Crippen LogP contribution is 2.13. The lowest BCUT2D eigenvalue weighted by molar-refractivity contribution is -0.139. The van der Waals surface area contributed by atoms with Gasteiger partial charge in [0.1, 0.15) is 11.8 Å². The van der Waals surface area contributed by atoms with Crippen LogP contribution in [-0.2, 0) is 9.59 Å². The number of rotatable bonds is 9. The Kier molecular flexibility index (Phi) is 7.53. The number of urea groups is 1. The number of para-hydroxylation sites is 1. The van der Waals surface area contributed by atoms with Crippen LogP contribution in [0.15, 0.2) is 59.8 Å². The highest BCUT2D eigenvalue weighted by Gasteiger charge is 2.20. The summed E-state index contributed by atoms with van der Waals surface area (Å²) < 4.78 is 5.45. The van der Waals surface area contributed by atoms with Gasteiger partial charge in [-0.05, 0) is 36.4 Å². The molecule has 1 radical (unpaired) electrons. The summed E-state index contributed by atoms with van der Waals surface area (Å²) in [5, 5.41) is 25.7. The van der Waals surface area contributed by atoms with Gasteiger partial charge in [0.15, 0.2) is 5.71 Å². The molecule has 2 rings (SSSR count). The molecule has 0 aliphatic carbocycles. The number of benzene rings is 2. The molecular weight excluding hydrogens is 366 g/mol. The third-order valence-corrected chi connectivity index (χ3v) is 3.63. The molecule has 0 bridgehead atoms. The van der Waals surface area contributed by atoms with Crippen LogP contribution in [0.2, 0.25) is 0 Å². The first-order chi connectivity index (χ1) is 13.5. The van der Waals surface area contributed by atoms with Crippen LogP contribution in [0.3, 0.4) is 0 Å². The van der Waals surface area contributed by atoms with Crippen molar-refractivity contribution in [2.45, 2.75) is 12.5 Å². The molecule has 0 aliphatic heterocycles. The Morgan fingerprint density at radius 1 is 1.11 bits per heavy atom. The predicted octanol–water partition coefficient (Wildman–Crippen LogP) is 2.02. The summed E-state index contributed by atoms with van der Waals surface area (Å²) >= 11 is 0. The molecule has 4 N–H and O–H groups in total. The molecule has 0 spiro atoms. The fourth-order valence-electron chi connectivity index (χ4n) is 2.25. The van der Waals surface area contributed by atoms with Crippen LogP contribution >= 0.6 is 0 Å². The Morgan fingerprint density at radius 3 is 2.36 bits per heavy atom. The van der Waals surface area contributed by atoms with Gasteiger partial charge in [-0.1, -0.05) is 23.4 Å². The Labute approximate surface area is 160 Å². The monoisotopic (exact) mass is 384 g/mol. The number of hydrogen-bond donors (Lipinski definition) is 4. The molecule has 2 aromatic carbocycles. The molecule has 0 fully saturated rings. The molecule has 0 aliphatic rings. The predicted molar refractivity (Wildman–Crippen MR) is 101 cm³/mol. The zero-order valence-corrected chi connectivity index (χ0v) is 14.7. The van der Waals surface area contributed by atoms with Crippen LogP contribution < -0.4 is 15.4 Å². The van der Waals surface area contributed by atoms with Gasteiger partial charge in [-0.25, -0.2) is 9.59 Å². The lowest BCUT2D eigenvalue weighted by Gasteiger charge is -2.15. The first-order valence-corrected chi connectivity index (χ1v) is 8.22. The van der Waals surface area contributed by atoms with Crippen molar-refractivity contribution in [3.05, 3.63) is 60.2 Å². The van der Waals surface area contributed by atoms with E-state index in [1.807, 2.05) is 0 Å². The van der Waals surface area contributed by atoms with Crippen molar-refractivity contribution in [3.8, 4) is 5.75 Å². The van der Waals surface area contributed by atoms with E-state index < -0.39 is 18.0 Å². The first-order valence-electron chi connectivity index (χ1n) is 8.22. The minimum absolute atomic E-state index is 0.0304. The third-order valence-electron chi connectivity index (χ3n) is 3.63. The summed E-state index contributed by atoms with van der Waals surface area (Å²) in [7, 11) is 0. The number of ether oxygens (including phenoxy) is 1. The van der Waals surface area contributed by atoms with Crippen LogP contribution in [0.25, 0.3) is 0 Å². The number of carboxylic acids is 1. The number of carboxylic acid groups (broad SMARTS) is 1. The molecule has 0 saturated carbocycles. The zero-order chi connectivity index (χ0) is 20.4. The second-order valence-corrected chi connectivity index (χ2v) is 5.57. The average molecular weight is 384 g/mol. The Balaban J connectivity index is 1.85. The van der Waals surface area contributed by atoms with E-state index in [9.17, 15) is 19.5 Å². The summed E-state index contributed by atoms with van der Waals surface area (Å²) in [6.45, 7) is 0.0304. The second-order valence-electron chi connectivity index (χ2n) is 5.57. The zero-order valence-electron chi connectivity index (χ0n) is 14.7. The van der Waals surface area contributed by atoms with Gasteiger partial charge in [0.25, 0.3) is 6.29 Å². The standard InChI is InChI=1S/C19H18N3O6/c23-12-17(22-27)13-6-8-15(9-7-13)28-11-10-16(18(24)25)21-19(26)20-14-4-2-1-3-5-14/h1-9,16,27H,10-11H2,(H,24,25)(H2,20,21,26). The van der Waals surface area contributed by atoms with E-state index in [-0.39, 0.29) is 18.7 Å². The van der Waals surface area contributed by atoms with Gasteiger partial charge >= 0.3 is 12.0 Å². The molecule has 1 unspecified atom stereocenters. The van der Waals surface area contributed by atoms with E-state index in [0.29, 0.717) is 17.0 Å². The van der Waals surface area contributed by atoms with E-state index in [1.54, 1.807) is 30.3 Å². The topological polar surface area (TPSA) is 137 Å². The second kappa shape index (κ2) is 10.3. The third kappa shape index (κ3) is 6.13. The number of carbonyl (C=O) groups excluding carboxylic acids is 2. The highest BCUT2D eigenvalue weighted by atomic mass is 16.5. The van der Waals surface area contributed by atoms with Gasteiger partial charge in [-0.15, -0.1) is 0 Å². The largest absolute Gasteiger partial charge is 0.494 e. The van der Waals surface area contributed by atoms with Crippen LogP contribution in [0.1, 0.15) is 12.0 Å². The highest BCUT2D eigenvalue weighted by molar-refractivity contribution is 6.36. The maximum Gasteiger partial charge on any atom is 0.326 e. The molecule has 0 saturated heterocycles. The summed E-state index contributed by atoms with van der Waals surface area (Å²) in [5.41, 5.74) is 0.650. The van der Waals surface area contributed by atoms with Crippen molar-refractivity contribution in [2.75, 3.05) is 11.9 Å². The van der Waals surface area contributed by atoms with Gasteiger partial charge in [-0.3, -0.25) is 4.79 Å². The van der Waals surface area contributed by atoms with Gasteiger partial charge in [0.05, 0.1) is 6.61 Å². The molecule has 1 atom stereocenters. The van der Waals surface area contributed by atoms with Crippen molar-refractivity contribution >= 4 is 29.7 Å². The van der Waals surface area contributed by atoms with Crippen LogP contribution in [0.5, 0.6) is 5.75 Å². The molecule has 9 heteroatoms. The van der Waals surface area contributed by atoms with Crippen molar-refractivity contribution in [1.29, 1.82) is 0 Å². The van der Waals surface area contributed by atoms with Crippen LogP contribution in [0, 0.1) is 0 Å². The normalized spacial score (nSPS) is 11.9. The maximum atomic E-state index is 11.9. The number of aliphatic carboxylic acids is 1. The van der Waals surface area contributed by atoms with E-state index in [1.165, 1.54) is 30.6 Å². The molecule has 2 aromatic rings. The number of hydrogen-bond acceptors (Lipinski definition) is 6. The number of amides is 2. The molecule has 0 aromatic heterocycles. The number of nitrogens with zero attached hydrogens (tertiary/aromatic N) is 1. The summed E-state index contributed by atoms with van der Waals surface area (Å²) in [6, 6.07) is 12.9. The van der Waals surface area contributed by atoms with E-state index in [0.717, 1.165) is 0 Å². The summed E-state index contributed by atoms with van der Waals surface area (Å²) in [6.07, 6.45) is 1.52. The fraction of sp³-hybridized carbons (Fsp3) is 0.158. The maximum absolute atomic E-state index is 11.9. The number of oxime groups is 1. The van der Waals surface area contributed by atoms with Crippen molar-refractivity contribution in [2.24, 2.45) is 5.16 Å². The molecule has 0 heterocycles. The SMILES string of the molecule is O=[C]C(=NO)c1ccc(OCCC(NC(=O)Nc2ccccc2)C(=O)O)cc1. The van der Waals surface area contributed by atoms with Gasteiger partial charge in [0, 0.05) is 17.7 Å². The van der Waals surface area contributed by atoms with E-state index in [4.69, 9.17) is 9.94 Å². The molecule has 28 heavy (non-hydrogen) atoms. The Bertz CT molecular complexity index is 837. The molecule has 9 nitrogen and oxygen atoms in total. The number of nitrogens with one attached hydrogen (secondary N) is 2. The van der Waals surface area contributed by atoms with Gasteiger partial charge in [0.2, 0.25) is 0 Å². The fourth-order valence-corrected chi connectivity index (χ4v) is 2.25. The lowest BCUT2D eigenvalue weighted by atomic mass is 10.1. The Morgan fingerprint density at radius 2 is 1.79 bits per heavy atom. The van der Waals surface area contributed by atoms with E-state index >= 15 is 0 Å². The quantitative estimate of drug-likeness (QED) is 0.296. The van der Waals surface area contributed by atoms with Crippen LogP contribution in [-0.4, -0.2) is 47.0 Å².